The molecular formula is C17H29N3O. The van der Waals surface area contributed by atoms with Crippen molar-refractivity contribution in [1.82, 2.24) is 10.3 Å². The Balaban J connectivity index is 2.16. The van der Waals surface area contributed by atoms with Gasteiger partial charge in [-0.1, -0.05) is 0 Å². The largest absolute Gasteiger partial charge is 0.380 e. The van der Waals surface area contributed by atoms with Gasteiger partial charge in [-0.3, -0.25) is 0 Å². The first kappa shape index (κ1) is 16.2. The normalized spacial score (nSPS) is 14.5. The molecule has 1 fully saturated rings. The van der Waals surface area contributed by atoms with Crippen LogP contribution in [0.5, 0.6) is 0 Å². The van der Waals surface area contributed by atoms with Crippen molar-refractivity contribution >= 4 is 5.82 Å². The van der Waals surface area contributed by atoms with E-state index in [1.54, 1.807) is 0 Å². The van der Waals surface area contributed by atoms with Gasteiger partial charge in [0.25, 0.3) is 0 Å². The molecule has 0 radical (unpaired) electrons. The smallest absolute Gasteiger partial charge is 0.133 e. The van der Waals surface area contributed by atoms with Crippen LogP contribution in [0, 0.1) is 13.8 Å². The molecular weight excluding hydrogens is 262 g/mol. The van der Waals surface area contributed by atoms with Crippen LogP contribution in [0.3, 0.4) is 0 Å². The van der Waals surface area contributed by atoms with Crippen LogP contribution < -0.4 is 10.2 Å². The van der Waals surface area contributed by atoms with E-state index in [2.05, 4.69) is 37.1 Å². The summed E-state index contributed by atoms with van der Waals surface area (Å²) in [6.45, 7) is 12.8. The number of aromatic nitrogens is 1. The van der Waals surface area contributed by atoms with Crippen LogP contribution in [0.25, 0.3) is 0 Å². The SMILES string of the molecule is CCOCCN(CC)c1nc(C)cc(C)c1CNC1CC1. The minimum Gasteiger partial charge on any atom is -0.380 e. The third-order valence-corrected chi connectivity index (χ3v) is 3.99. The lowest BCUT2D eigenvalue weighted by molar-refractivity contribution is 0.154. The van der Waals surface area contributed by atoms with Crippen molar-refractivity contribution in [2.24, 2.45) is 0 Å². The van der Waals surface area contributed by atoms with Crippen molar-refractivity contribution in [3.63, 3.8) is 0 Å². The van der Waals surface area contributed by atoms with Gasteiger partial charge in [-0.15, -0.1) is 0 Å². The molecule has 1 N–H and O–H groups in total. The first-order valence-corrected chi connectivity index (χ1v) is 8.18. The molecule has 0 amide bonds. The molecule has 21 heavy (non-hydrogen) atoms. The van der Waals surface area contributed by atoms with Gasteiger partial charge in [0.15, 0.2) is 0 Å². The van der Waals surface area contributed by atoms with Crippen LogP contribution >= 0.6 is 0 Å². The molecule has 0 bridgehead atoms. The standard InChI is InChI=1S/C17H29N3O/c1-5-20(9-10-21-6-2)17-16(12-18-15-7-8-15)13(3)11-14(4)19-17/h11,15,18H,5-10,12H2,1-4H3. The third-order valence-electron chi connectivity index (χ3n) is 3.99. The Labute approximate surface area is 128 Å². The van der Waals surface area contributed by atoms with E-state index in [0.717, 1.165) is 50.4 Å². The average Bonchev–Trinajstić information content (AvgIpc) is 3.26. The number of likely N-dealkylation sites (N-methyl/N-ethyl adjacent to an activating group) is 1. The fourth-order valence-electron chi connectivity index (χ4n) is 2.59. The summed E-state index contributed by atoms with van der Waals surface area (Å²) in [4.78, 5) is 7.15. The molecule has 0 aromatic carbocycles. The highest BCUT2D eigenvalue weighted by molar-refractivity contribution is 5.51. The molecule has 4 nitrogen and oxygen atoms in total. The van der Waals surface area contributed by atoms with Gasteiger partial charge >= 0.3 is 0 Å². The number of rotatable bonds is 9. The Hall–Kier alpha value is -1.13. The van der Waals surface area contributed by atoms with Crippen LogP contribution in [0.4, 0.5) is 5.82 Å². The lowest BCUT2D eigenvalue weighted by atomic mass is 10.1. The highest BCUT2D eigenvalue weighted by atomic mass is 16.5. The molecule has 0 unspecified atom stereocenters. The minimum absolute atomic E-state index is 0.719. The average molecular weight is 291 g/mol. The monoisotopic (exact) mass is 291 g/mol. The maximum absolute atomic E-state index is 5.51. The van der Waals surface area contributed by atoms with E-state index in [9.17, 15) is 0 Å². The van der Waals surface area contributed by atoms with Gasteiger partial charge in [-0.05, 0) is 52.2 Å². The molecule has 0 aliphatic heterocycles. The molecule has 0 atom stereocenters. The van der Waals surface area contributed by atoms with Crippen molar-refractivity contribution in [3.05, 3.63) is 22.9 Å². The highest BCUT2D eigenvalue weighted by Crippen LogP contribution is 2.25. The van der Waals surface area contributed by atoms with E-state index < -0.39 is 0 Å². The Morgan fingerprint density at radius 2 is 2.10 bits per heavy atom. The summed E-state index contributed by atoms with van der Waals surface area (Å²) in [5.74, 6) is 1.13. The lowest BCUT2D eigenvalue weighted by Crippen LogP contribution is -2.30. The predicted octanol–water partition coefficient (Wildman–Crippen LogP) is 2.81. The summed E-state index contributed by atoms with van der Waals surface area (Å²) in [7, 11) is 0. The molecule has 118 valence electrons. The van der Waals surface area contributed by atoms with E-state index in [4.69, 9.17) is 9.72 Å². The number of hydrogen-bond donors (Lipinski definition) is 1. The number of pyridine rings is 1. The summed E-state index contributed by atoms with van der Waals surface area (Å²) < 4.78 is 5.51. The van der Waals surface area contributed by atoms with E-state index in [1.807, 2.05) is 6.92 Å². The van der Waals surface area contributed by atoms with Gasteiger partial charge in [0.05, 0.1) is 6.61 Å². The first-order chi connectivity index (χ1) is 10.2. The second kappa shape index (κ2) is 7.76. The maximum atomic E-state index is 5.51. The fourth-order valence-corrected chi connectivity index (χ4v) is 2.59. The maximum Gasteiger partial charge on any atom is 0.133 e. The molecule has 0 saturated heterocycles. The lowest BCUT2D eigenvalue weighted by Gasteiger charge is -2.26. The summed E-state index contributed by atoms with van der Waals surface area (Å²) in [5.41, 5.74) is 3.76. The van der Waals surface area contributed by atoms with Crippen LogP contribution in [0.1, 0.15) is 43.5 Å². The van der Waals surface area contributed by atoms with Gasteiger partial charge in [0.1, 0.15) is 5.82 Å². The number of nitrogens with zero attached hydrogens (tertiary/aromatic N) is 2. The number of anilines is 1. The molecule has 1 heterocycles. The van der Waals surface area contributed by atoms with E-state index in [0.29, 0.717) is 0 Å². The van der Waals surface area contributed by atoms with Crippen molar-refractivity contribution in [1.29, 1.82) is 0 Å². The van der Waals surface area contributed by atoms with E-state index in [1.165, 1.54) is 24.0 Å². The molecule has 1 saturated carbocycles. The minimum atomic E-state index is 0.719. The van der Waals surface area contributed by atoms with Crippen molar-refractivity contribution < 1.29 is 4.74 Å². The molecule has 1 aromatic rings. The second-order valence-electron chi connectivity index (χ2n) is 5.81. The Kier molecular flexibility index (Phi) is 6.00. The number of aryl methyl sites for hydroxylation is 2. The number of nitrogens with one attached hydrogen (secondary N) is 1. The van der Waals surface area contributed by atoms with Crippen molar-refractivity contribution in [2.45, 2.75) is 53.1 Å². The third kappa shape index (κ3) is 4.68. The van der Waals surface area contributed by atoms with E-state index in [-0.39, 0.29) is 0 Å². The molecule has 1 aliphatic carbocycles. The number of hydrogen-bond acceptors (Lipinski definition) is 4. The molecule has 0 spiro atoms. The Morgan fingerprint density at radius 3 is 2.71 bits per heavy atom. The first-order valence-electron chi connectivity index (χ1n) is 8.18. The Bertz CT molecular complexity index is 458. The molecule has 2 rings (SSSR count). The topological polar surface area (TPSA) is 37.4 Å². The van der Waals surface area contributed by atoms with Gasteiger partial charge in [0.2, 0.25) is 0 Å². The van der Waals surface area contributed by atoms with Crippen LogP contribution in [-0.4, -0.2) is 37.3 Å². The predicted molar refractivity (Wildman–Crippen MR) is 88.0 cm³/mol. The van der Waals surface area contributed by atoms with Crippen LogP contribution in [-0.2, 0) is 11.3 Å². The van der Waals surface area contributed by atoms with Crippen molar-refractivity contribution in [2.75, 3.05) is 31.2 Å². The van der Waals surface area contributed by atoms with Gasteiger partial charge in [-0.25, -0.2) is 4.98 Å². The Morgan fingerprint density at radius 1 is 1.33 bits per heavy atom. The fraction of sp³-hybridized carbons (Fsp3) is 0.706. The summed E-state index contributed by atoms with van der Waals surface area (Å²) in [5, 5.41) is 3.62. The van der Waals surface area contributed by atoms with E-state index >= 15 is 0 Å². The quantitative estimate of drug-likeness (QED) is 0.710. The highest BCUT2D eigenvalue weighted by Gasteiger charge is 2.22. The van der Waals surface area contributed by atoms with Gasteiger partial charge < -0.3 is 15.0 Å². The zero-order chi connectivity index (χ0) is 15.2. The molecule has 4 heteroatoms. The van der Waals surface area contributed by atoms with Gasteiger partial charge in [0, 0.05) is 43.5 Å². The van der Waals surface area contributed by atoms with Gasteiger partial charge in [-0.2, -0.15) is 0 Å². The summed E-state index contributed by atoms with van der Waals surface area (Å²) in [6, 6.07) is 2.90. The molecule has 1 aliphatic rings. The molecule has 1 aromatic heterocycles. The summed E-state index contributed by atoms with van der Waals surface area (Å²) >= 11 is 0. The zero-order valence-corrected chi connectivity index (χ0v) is 13.9. The van der Waals surface area contributed by atoms with Crippen LogP contribution in [0.2, 0.25) is 0 Å². The second-order valence-corrected chi connectivity index (χ2v) is 5.81. The number of ether oxygens (including phenoxy) is 1. The summed E-state index contributed by atoms with van der Waals surface area (Å²) in [6.07, 6.45) is 2.63. The zero-order valence-electron chi connectivity index (χ0n) is 13.9. The van der Waals surface area contributed by atoms with Crippen molar-refractivity contribution in [3.8, 4) is 0 Å². The van der Waals surface area contributed by atoms with Crippen LogP contribution in [0.15, 0.2) is 6.07 Å².